The fourth-order valence-corrected chi connectivity index (χ4v) is 1.99. The van der Waals surface area contributed by atoms with Gasteiger partial charge in [0.25, 0.3) is 0 Å². The third-order valence-corrected chi connectivity index (χ3v) is 3.09. The van der Waals surface area contributed by atoms with E-state index in [1.165, 1.54) is 0 Å². The Morgan fingerprint density at radius 2 is 1.95 bits per heavy atom. The van der Waals surface area contributed by atoms with E-state index < -0.39 is 0 Å². The predicted octanol–water partition coefficient (Wildman–Crippen LogP) is 3.04. The second-order valence-corrected chi connectivity index (χ2v) is 4.59. The summed E-state index contributed by atoms with van der Waals surface area (Å²) in [4.78, 5) is 4.38. The molecule has 1 N–H and O–H groups in total. The van der Waals surface area contributed by atoms with Crippen molar-refractivity contribution in [2.45, 2.75) is 6.42 Å². The lowest BCUT2D eigenvalue weighted by atomic mass is 10.1. The lowest BCUT2D eigenvalue weighted by Gasteiger charge is -1.99. The number of hydrogen-bond donors (Lipinski definition) is 1. The fourth-order valence-electron chi connectivity index (χ4n) is 1.99. The molecule has 0 saturated carbocycles. The molecule has 0 fully saturated rings. The molecule has 0 aliphatic heterocycles. The Bertz CT molecular complexity index is 735. The number of ether oxygens (including phenoxy) is 1. The van der Waals surface area contributed by atoms with E-state index in [1.54, 1.807) is 19.2 Å². The van der Waals surface area contributed by atoms with Gasteiger partial charge in [-0.25, -0.2) is 0 Å². The summed E-state index contributed by atoms with van der Waals surface area (Å²) in [6.07, 6.45) is 0.525. The molecule has 1 heterocycles. The van der Waals surface area contributed by atoms with Crippen molar-refractivity contribution in [2.24, 2.45) is 0 Å². The van der Waals surface area contributed by atoms with Gasteiger partial charge in [0.1, 0.15) is 11.5 Å². The first-order valence-corrected chi connectivity index (χ1v) is 6.49. The summed E-state index contributed by atoms with van der Waals surface area (Å²) < 4.78 is 10.4. The molecule has 0 aliphatic rings. The van der Waals surface area contributed by atoms with E-state index in [9.17, 15) is 5.11 Å². The third kappa shape index (κ3) is 3.02. The van der Waals surface area contributed by atoms with Crippen LogP contribution in [0.5, 0.6) is 11.5 Å². The van der Waals surface area contributed by atoms with Crippen LogP contribution in [0.4, 0.5) is 0 Å². The number of aromatic nitrogens is 2. The van der Waals surface area contributed by atoms with Crippen LogP contribution in [-0.4, -0.2) is 22.4 Å². The van der Waals surface area contributed by atoms with Crippen molar-refractivity contribution in [3.8, 4) is 22.9 Å². The summed E-state index contributed by atoms with van der Waals surface area (Å²) in [5.74, 6) is 2.04. The Morgan fingerprint density at radius 1 is 1.14 bits per heavy atom. The average molecular weight is 282 g/mol. The molecule has 0 spiro atoms. The number of rotatable bonds is 4. The number of nitrogens with zero attached hydrogens (tertiary/aromatic N) is 2. The van der Waals surface area contributed by atoms with Crippen molar-refractivity contribution in [3.63, 3.8) is 0 Å². The molecule has 0 unspecified atom stereocenters. The molecule has 2 aromatic carbocycles. The normalized spacial score (nSPS) is 10.5. The number of phenols is 1. The maximum Gasteiger partial charge on any atom is 0.231 e. The van der Waals surface area contributed by atoms with E-state index >= 15 is 0 Å². The summed E-state index contributed by atoms with van der Waals surface area (Å²) in [6, 6.07) is 14.4. The van der Waals surface area contributed by atoms with Crippen LogP contribution in [0.25, 0.3) is 11.4 Å². The van der Waals surface area contributed by atoms with Crippen molar-refractivity contribution in [1.82, 2.24) is 10.1 Å². The highest BCUT2D eigenvalue weighted by Crippen LogP contribution is 2.22. The molecule has 106 valence electrons. The molecule has 1 aromatic heterocycles. The van der Waals surface area contributed by atoms with Gasteiger partial charge < -0.3 is 14.4 Å². The third-order valence-electron chi connectivity index (χ3n) is 3.09. The van der Waals surface area contributed by atoms with Crippen LogP contribution in [-0.2, 0) is 6.42 Å². The second-order valence-electron chi connectivity index (χ2n) is 4.59. The van der Waals surface area contributed by atoms with Gasteiger partial charge >= 0.3 is 0 Å². The average Bonchev–Trinajstić information content (AvgIpc) is 2.98. The molecule has 0 radical (unpaired) electrons. The van der Waals surface area contributed by atoms with Gasteiger partial charge in [-0.1, -0.05) is 29.4 Å². The van der Waals surface area contributed by atoms with Gasteiger partial charge in [-0.2, -0.15) is 4.98 Å². The number of methoxy groups -OCH3 is 1. The van der Waals surface area contributed by atoms with Crippen molar-refractivity contribution >= 4 is 0 Å². The predicted molar refractivity (Wildman–Crippen MR) is 77.2 cm³/mol. The van der Waals surface area contributed by atoms with Gasteiger partial charge in [0.05, 0.1) is 13.5 Å². The van der Waals surface area contributed by atoms with Crippen molar-refractivity contribution in [2.75, 3.05) is 7.11 Å². The van der Waals surface area contributed by atoms with Crippen molar-refractivity contribution in [1.29, 1.82) is 0 Å². The molecule has 21 heavy (non-hydrogen) atoms. The Morgan fingerprint density at radius 3 is 2.71 bits per heavy atom. The van der Waals surface area contributed by atoms with E-state index in [-0.39, 0.29) is 5.75 Å². The quantitative estimate of drug-likeness (QED) is 0.796. The molecule has 5 nitrogen and oxygen atoms in total. The minimum absolute atomic E-state index is 0.237. The number of phenolic OH excluding ortho intramolecular Hbond substituents is 1. The van der Waals surface area contributed by atoms with Crippen LogP contribution < -0.4 is 4.74 Å². The van der Waals surface area contributed by atoms with Gasteiger partial charge in [-0.15, -0.1) is 0 Å². The molecule has 0 atom stereocenters. The molecule has 0 saturated heterocycles. The van der Waals surface area contributed by atoms with E-state index in [2.05, 4.69) is 10.1 Å². The van der Waals surface area contributed by atoms with E-state index in [0.29, 0.717) is 18.1 Å². The standard InChI is InChI=1S/C16H14N2O3/c1-20-14-4-2-3-12(10-14)16-17-15(21-18-16)9-11-5-7-13(19)8-6-11/h2-8,10,19H,9H2,1H3. The lowest BCUT2D eigenvalue weighted by Crippen LogP contribution is -1.88. The Balaban J connectivity index is 1.81. The topological polar surface area (TPSA) is 68.4 Å². The van der Waals surface area contributed by atoms with Crippen molar-refractivity contribution < 1.29 is 14.4 Å². The monoisotopic (exact) mass is 282 g/mol. The second kappa shape index (κ2) is 5.66. The van der Waals surface area contributed by atoms with Crippen LogP contribution in [0.3, 0.4) is 0 Å². The molecular formula is C16H14N2O3. The zero-order chi connectivity index (χ0) is 14.7. The van der Waals surface area contributed by atoms with Gasteiger partial charge in [0, 0.05) is 5.56 Å². The maximum atomic E-state index is 9.26. The summed E-state index contributed by atoms with van der Waals surface area (Å²) in [6.45, 7) is 0. The van der Waals surface area contributed by atoms with Crippen LogP contribution in [0.2, 0.25) is 0 Å². The molecule has 3 rings (SSSR count). The summed E-state index contributed by atoms with van der Waals surface area (Å²) >= 11 is 0. The van der Waals surface area contributed by atoms with Crippen LogP contribution >= 0.6 is 0 Å². The minimum atomic E-state index is 0.237. The van der Waals surface area contributed by atoms with E-state index in [0.717, 1.165) is 16.9 Å². The molecular weight excluding hydrogens is 268 g/mol. The van der Waals surface area contributed by atoms with Crippen LogP contribution in [0.15, 0.2) is 53.1 Å². The fraction of sp³-hybridized carbons (Fsp3) is 0.125. The number of aromatic hydroxyl groups is 1. The molecule has 0 aliphatic carbocycles. The summed E-state index contributed by atoms with van der Waals surface area (Å²) in [5.41, 5.74) is 1.84. The highest BCUT2D eigenvalue weighted by atomic mass is 16.5. The smallest absolute Gasteiger partial charge is 0.231 e. The van der Waals surface area contributed by atoms with E-state index in [1.807, 2.05) is 36.4 Å². The first kappa shape index (κ1) is 13.2. The number of benzene rings is 2. The number of hydrogen-bond acceptors (Lipinski definition) is 5. The first-order chi connectivity index (χ1) is 10.2. The highest BCUT2D eigenvalue weighted by molar-refractivity contribution is 5.56. The summed E-state index contributed by atoms with van der Waals surface area (Å²) in [5, 5.41) is 13.2. The SMILES string of the molecule is COc1cccc(-c2noc(Cc3ccc(O)cc3)n2)c1. The zero-order valence-corrected chi connectivity index (χ0v) is 11.5. The van der Waals surface area contributed by atoms with E-state index in [4.69, 9.17) is 9.26 Å². The molecule has 0 amide bonds. The maximum absolute atomic E-state index is 9.26. The minimum Gasteiger partial charge on any atom is -0.508 e. The zero-order valence-electron chi connectivity index (χ0n) is 11.5. The van der Waals surface area contributed by atoms with Gasteiger partial charge in [0.2, 0.25) is 11.7 Å². The van der Waals surface area contributed by atoms with Gasteiger partial charge in [0.15, 0.2) is 0 Å². The molecule has 3 aromatic rings. The van der Waals surface area contributed by atoms with Crippen LogP contribution in [0.1, 0.15) is 11.5 Å². The highest BCUT2D eigenvalue weighted by Gasteiger charge is 2.10. The lowest BCUT2D eigenvalue weighted by molar-refractivity contribution is 0.385. The van der Waals surface area contributed by atoms with Gasteiger partial charge in [-0.05, 0) is 29.8 Å². The molecule has 0 bridgehead atoms. The van der Waals surface area contributed by atoms with Crippen LogP contribution in [0, 0.1) is 0 Å². The first-order valence-electron chi connectivity index (χ1n) is 6.49. The Kier molecular flexibility index (Phi) is 3.55. The van der Waals surface area contributed by atoms with Crippen molar-refractivity contribution in [3.05, 3.63) is 60.0 Å². The summed E-state index contributed by atoms with van der Waals surface area (Å²) in [7, 11) is 1.62. The van der Waals surface area contributed by atoms with Gasteiger partial charge in [-0.3, -0.25) is 0 Å². The molecule has 5 heteroatoms. The Hall–Kier alpha value is -2.82. The largest absolute Gasteiger partial charge is 0.508 e. The Labute approximate surface area is 121 Å².